The van der Waals surface area contributed by atoms with E-state index in [1.54, 1.807) is 0 Å². The molecule has 1 aliphatic heterocycles. The van der Waals surface area contributed by atoms with Crippen molar-refractivity contribution in [2.45, 2.75) is 18.8 Å². The summed E-state index contributed by atoms with van der Waals surface area (Å²) in [5.74, 6) is 1.49. The molecule has 0 radical (unpaired) electrons. The largest absolute Gasteiger partial charge is 0.356 e. The maximum Gasteiger partial charge on any atom is 0.251 e. The van der Waals surface area contributed by atoms with Crippen LogP contribution in [0.1, 0.15) is 34.7 Å². The molecule has 2 aromatic carbocycles. The number of carbonyl (C=O) groups is 1. The van der Waals surface area contributed by atoms with E-state index in [2.05, 4.69) is 50.9 Å². The number of hydrogen-bond donors (Lipinski definition) is 2. The van der Waals surface area contributed by atoms with Crippen molar-refractivity contribution in [1.82, 2.24) is 15.5 Å². The lowest BCUT2D eigenvalue weighted by molar-refractivity contribution is 0.0953. The summed E-state index contributed by atoms with van der Waals surface area (Å²) in [5, 5.41) is 6.38. The molecular weight excluding hydrogens is 336 g/mol. The molecule has 2 aromatic rings. The van der Waals surface area contributed by atoms with Crippen LogP contribution in [0.3, 0.4) is 0 Å². The van der Waals surface area contributed by atoms with Gasteiger partial charge in [0.25, 0.3) is 5.91 Å². The first-order valence-corrected chi connectivity index (χ1v) is 9.61. The fraction of sp³-hybridized carbons (Fsp3) is 0.364. The highest BCUT2D eigenvalue weighted by molar-refractivity contribution is 5.94. The van der Waals surface area contributed by atoms with Crippen molar-refractivity contribution in [3.8, 4) is 0 Å². The van der Waals surface area contributed by atoms with Crippen LogP contribution in [0.25, 0.3) is 0 Å². The lowest BCUT2D eigenvalue weighted by atomic mass is 9.99. The highest BCUT2D eigenvalue weighted by atomic mass is 16.1. The first-order chi connectivity index (χ1) is 13.3. The summed E-state index contributed by atoms with van der Waals surface area (Å²) in [6.07, 6.45) is 2.01. The number of nitrogens with one attached hydrogen (secondary N) is 2. The third-order valence-electron chi connectivity index (χ3n) is 4.93. The second-order valence-corrected chi connectivity index (χ2v) is 6.79. The molecule has 27 heavy (non-hydrogen) atoms. The lowest BCUT2D eigenvalue weighted by Crippen LogP contribution is -2.41. The Balaban J connectivity index is 1.38. The molecule has 3 rings (SSSR count). The molecule has 1 heterocycles. The Labute approximate surface area is 161 Å². The Morgan fingerprint density at radius 3 is 2.41 bits per heavy atom. The van der Waals surface area contributed by atoms with Crippen molar-refractivity contribution in [3.63, 3.8) is 0 Å². The minimum absolute atomic E-state index is 0.0229. The minimum atomic E-state index is -0.0229. The van der Waals surface area contributed by atoms with E-state index >= 15 is 0 Å². The SMILES string of the molecule is CN=C(NCCCNC(=O)c1ccccc1)N1CCC(c2ccccc2)C1. The van der Waals surface area contributed by atoms with E-state index < -0.39 is 0 Å². The number of likely N-dealkylation sites (tertiary alicyclic amines) is 1. The van der Waals surface area contributed by atoms with Crippen LogP contribution in [-0.2, 0) is 0 Å². The van der Waals surface area contributed by atoms with Crippen LogP contribution in [0.4, 0.5) is 0 Å². The summed E-state index contributed by atoms with van der Waals surface area (Å²) in [6, 6.07) is 20.0. The number of hydrogen-bond acceptors (Lipinski definition) is 2. The van der Waals surface area contributed by atoms with Crippen molar-refractivity contribution in [2.24, 2.45) is 4.99 Å². The van der Waals surface area contributed by atoms with Crippen molar-refractivity contribution in [2.75, 3.05) is 33.2 Å². The fourth-order valence-corrected chi connectivity index (χ4v) is 3.46. The normalized spacial score (nSPS) is 17.0. The van der Waals surface area contributed by atoms with Crippen molar-refractivity contribution in [1.29, 1.82) is 0 Å². The molecule has 1 amide bonds. The first-order valence-electron chi connectivity index (χ1n) is 9.61. The molecule has 0 aliphatic carbocycles. The summed E-state index contributed by atoms with van der Waals surface area (Å²) >= 11 is 0. The zero-order valence-corrected chi connectivity index (χ0v) is 15.9. The number of carbonyl (C=O) groups excluding carboxylic acids is 1. The minimum Gasteiger partial charge on any atom is -0.356 e. The van der Waals surface area contributed by atoms with Crippen molar-refractivity contribution >= 4 is 11.9 Å². The van der Waals surface area contributed by atoms with E-state index in [0.29, 0.717) is 18.0 Å². The van der Waals surface area contributed by atoms with E-state index in [0.717, 1.165) is 38.4 Å². The number of guanidine groups is 1. The van der Waals surface area contributed by atoms with Crippen LogP contribution in [0.2, 0.25) is 0 Å². The molecule has 1 aliphatic rings. The van der Waals surface area contributed by atoms with Gasteiger partial charge >= 0.3 is 0 Å². The molecule has 1 unspecified atom stereocenters. The van der Waals surface area contributed by atoms with E-state index in [9.17, 15) is 4.79 Å². The monoisotopic (exact) mass is 364 g/mol. The maximum atomic E-state index is 12.0. The molecule has 1 atom stereocenters. The molecule has 1 saturated heterocycles. The predicted molar refractivity (Wildman–Crippen MR) is 110 cm³/mol. The van der Waals surface area contributed by atoms with Crippen LogP contribution < -0.4 is 10.6 Å². The van der Waals surface area contributed by atoms with Gasteiger partial charge in [0.15, 0.2) is 5.96 Å². The number of aliphatic imine (C=N–C) groups is 1. The number of benzene rings is 2. The van der Waals surface area contributed by atoms with Crippen LogP contribution in [0.5, 0.6) is 0 Å². The molecule has 5 heteroatoms. The molecule has 2 N–H and O–H groups in total. The summed E-state index contributed by atoms with van der Waals surface area (Å²) in [5.41, 5.74) is 2.10. The Hall–Kier alpha value is -2.82. The molecule has 0 bridgehead atoms. The average Bonchev–Trinajstić information content (AvgIpc) is 3.22. The van der Waals surface area contributed by atoms with E-state index in [-0.39, 0.29) is 5.91 Å². The highest BCUT2D eigenvalue weighted by Crippen LogP contribution is 2.26. The molecule has 5 nitrogen and oxygen atoms in total. The predicted octanol–water partition coefficient (Wildman–Crippen LogP) is 2.87. The number of rotatable bonds is 6. The summed E-state index contributed by atoms with van der Waals surface area (Å²) in [7, 11) is 1.83. The third-order valence-corrected chi connectivity index (χ3v) is 4.93. The zero-order chi connectivity index (χ0) is 18.9. The lowest BCUT2D eigenvalue weighted by Gasteiger charge is -2.22. The van der Waals surface area contributed by atoms with Gasteiger partial charge in [-0.1, -0.05) is 48.5 Å². The van der Waals surface area contributed by atoms with Gasteiger partial charge in [0.1, 0.15) is 0 Å². The maximum absolute atomic E-state index is 12.0. The van der Waals surface area contributed by atoms with Crippen molar-refractivity contribution in [3.05, 3.63) is 71.8 Å². The van der Waals surface area contributed by atoms with Gasteiger partial charge in [-0.3, -0.25) is 9.79 Å². The molecule has 0 aromatic heterocycles. The zero-order valence-electron chi connectivity index (χ0n) is 15.9. The Morgan fingerprint density at radius 1 is 1.04 bits per heavy atom. The topological polar surface area (TPSA) is 56.7 Å². The van der Waals surface area contributed by atoms with Gasteiger partial charge in [-0.2, -0.15) is 0 Å². The van der Waals surface area contributed by atoms with Gasteiger partial charge in [-0.25, -0.2) is 0 Å². The van der Waals surface area contributed by atoms with E-state index in [4.69, 9.17) is 0 Å². The Bertz CT molecular complexity index is 745. The smallest absolute Gasteiger partial charge is 0.251 e. The standard InChI is InChI=1S/C22H28N4O/c1-23-22(26-16-13-20(17-26)18-9-4-2-5-10-18)25-15-8-14-24-21(27)19-11-6-3-7-12-19/h2-7,9-12,20H,8,13-17H2,1H3,(H,23,25)(H,24,27). The van der Waals surface area contributed by atoms with Crippen LogP contribution >= 0.6 is 0 Å². The van der Waals surface area contributed by atoms with Crippen molar-refractivity contribution < 1.29 is 4.79 Å². The summed E-state index contributed by atoms with van der Waals surface area (Å²) in [6.45, 7) is 3.44. The first kappa shape index (κ1) is 19.0. The van der Waals surface area contributed by atoms with Gasteiger partial charge in [0.05, 0.1) is 0 Å². The molecule has 0 saturated carbocycles. The van der Waals surface area contributed by atoms with Gasteiger partial charge in [0.2, 0.25) is 0 Å². The van der Waals surface area contributed by atoms with E-state index in [1.165, 1.54) is 5.56 Å². The second-order valence-electron chi connectivity index (χ2n) is 6.79. The van der Waals surface area contributed by atoms with Gasteiger partial charge in [0, 0.05) is 44.7 Å². The van der Waals surface area contributed by atoms with Gasteiger partial charge in [-0.15, -0.1) is 0 Å². The summed E-state index contributed by atoms with van der Waals surface area (Å²) in [4.78, 5) is 18.8. The molecular formula is C22H28N4O. The third kappa shape index (κ3) is 5.33. The van der Waals surface area contributed by atoms with Gasteiger partial charge < -0.3 is 15.5 Å². The molecule has 0 spiro atoms. The highest BCUT2D eigenvalue weighted by Gasteiger charge is 2.25. The van der Waals surface area contributed by atoms with Crippen LogP contribution in [0.15, 0.2) is 65.7 Å². The number of amides is 1. The van der Waals surface area contributed by atoms with E-state index in [1.807, 2.05) is 37.4 Å². The van der Waals surface area contributed by atoms with Crippen LogP contribution in [-0.4, -0.2) is 50.0 Å². The summed E-state index contributed by atoms with van der Waals surface area (Å²) < 4.78 is 0. The quantitative estimate of drug-likeness (QED) is 0.471. The molecule has 142 valence electrons. The number of nitrogens with zero attached hydrogens (tertiary/aromatic N) is 2. The Morgan fingerprint density at radius 2 is 1.70 bits per heavy atom. The van der Waals surface area contributed by atoms with Gasteiger partial charge in [-0.05, 0) is 30.5 Å². The van der Waals surface area contributed by atoms with Crippen LogP contribution in [0, 0.1) is 0 Å². The Kier molecular flexibility index (Phi) is 6.85. The average molecular weight is 364 g/mol. The fourth-order valence-electron chi connectivity index (χ4n) is 3.46. The second kappa shape index (κ2) is 9.76. The molecule has 1 fully saturated rings.